The standard InChI is InChI=1S/C29H33F3N4OS/c1-17-12-20(15-28(4,5)14-17)16-36-25-11-6-21(26-18(2)35-37-19(26)3)13-24(25)34-27(36)33-22-7-9-23(10-8-22)38-29(30,31)32/h6-11,13,17,20H,12,14-16H2,1-5H3,(H,33,34). The summed E-state index contributed by atoms with van der Waals surface area (Å²) in [6, 6.07) is 12.5. The highest BCUT2D eigenvalue weighted by Crippen LogP contribution is 2.43. The average molecular weight is 543 g/mol. The largest absolute Gasteiger partial charge is 0.446 e. The number of hydrogen-bond acceptors (Lipinski definition) is 5. The number of anilines is 2. The SMILES string of the molecule is Cc1noc(C)c1-c1ccc2c(c1)nc(Nc1ccc(SC(F)(F)F)cc1)n2CC1CC(C)CC(C)(C)C1. The number of alkyl halides is 3. The number of nitrogens with one attached hydrogen (secondary N) is 1. The van der Waals surface area contributed by atoms with Crippen LogP contribution < -0.4 is 5.32 Å². The van der Waals surface area contributed by atoms with Gasteiger partial charge in [0.05, 0.1) is 16.7 Å². The van der Waals surface area contributed by atoms with Gasteiger partial charge < -0.3 is 14.4 Å². The molecule has 202 valence electrons. The third-order valence-electron chi connectivity index (χ3n) is 7.33. The summed E-state index contributed by atoms with van der Waals surface area (Å²) in [5.41, 5.74) is 1.32. The van der Waals surface area contributed by atoms with Crippen LogP contribution in [0, 0.1) is 31.1 Å². The van der Waals surface area contributed by atoms with Crippen molar-refractivity contribution in [2.45, 2.75) is 70.8 Å². The Labute approximate surface area is 225 Å². The first-order valence-electron chi connectivity index (χ1n) is 12.9. The summed E-state index contributed by atoms with van der Waals surface area (Å²) >= 11 is -0.113. The summed E-state index contributed by atoms with van der Waals surface area (Å²) in [6.45, 7) is 11.7. The number of aromatic nitrogens is 3. The molecule has 1 saturated carbocycles. The van der Waals surface area contributed by atoms with Crippen LogP contribution in [0.5, 0.6) is 0 Å². The lowest BCUT2D eigenvalue weighted by molar-refractivity contribution is -0.0328. The summed E-state index contributed by atoms with van der Waals surface area (Å²) in [5, 5.41) is 7.47. The lowest BCUT2D eigenvalue weighted by Crippen LogP contribution is -2.30. The topological polar surface area (TPSA) is 55.9 Å². The van der Waals surface area contributed by atoms with Crippen LogP contribution in [0.4, 0.5) is 24.8 Å². The summed E-state index contributed by atoms with van der Waals surface area (Å²) in [6.07, 6.45) is 3.52. The molecule has 1 aliphatic rings. The Balaban J connectivity index is 1.51. The van der Waals surface area contributed by atoms with Gasteiger partial charge in [-0.05, 0) is 104 Å². The van der Waals surface area contributed by atoms with Crippen molar-refractivity contribution in [2.75, 3.05) is 5.32 Å². The molecule has 5 nitrogen and oxygen atoms in total. The lowest BCUT2D eigenvalue weighted by Gasteiger charge is -2.39. The third kappa shape index (κ3) is 5.87. The van der Waals surface area contributed by atoms with Crippen LogP contribution >= 0.6 is 11.8 Å². The number of hydrogen-bond donors (Lipinski definition) is 1. The first-order valence-corrected chi connectivity index (χ1v) is 13.7. The van der Waals surface area contributed by atoms with E-state index in [2.05, 4.69) is 54.0 Å². The number of imidazole rings is 1. The van der Waals surface area contributed by atoms with E-state index in [0.29, 0.717) is 23.5 Å². The maximum atomic E-state index is 12.8. The molecule has 2 aromatic heterocycles. The van der Waals surface area contributed by atoms with Crippen LogP contribution in [-0.2, 0) is 6.54 Å². The van der Waals surface area contributed by atoms with E-state index < -0.39 is 5.51 Å². The van der Waals surface area contributed by atoms with Gasteiger partial charge in [0.25, 0.3) is 0 Å². The van der Waals surface area contributed by atoms with Gasteiger partial charge in [-0.25, -0.2) is 4.98 Å². The highest BCUT2D eigenvalue weighted by molar-refractivity contribution is 8.00. The molecule has 38 heavy (non-hydrogen) atoms. The highest BCUT2D eigenvalue weighted by atomic mass is 32.2. The maximum Gasteiger partial charge on any atom is 0.446 e. The van der Waals surface area contributed by atoms with Crippen molar-refractivity contribution in [3.8, 4) is 11.1 Å². The summed E-state index contributed by atoms with van der Waals surface area (Å²) in [7, 11) is 0. The van der Waals surface area contributed by atoms with Crippen LogP contribution in [0.25, 0.3) is 22.2 Å². The molecule has 1 aliphatic carbocycles. The Morgan fingerprint density at radius 1 is 1.11 bits per heavy atom. The van der Waals surface area contributed by atoms with Crippen LogP contribution in [-0.4, -0.2) is 20.2 Å². The van der Waals surface area contributed by atoms with Crippen LogP contribution in [0.1, 0.15) is 51.5 Å². The zero-order valence-corrected chi connectivity index (χ0v) is 23.1. The third-order valence-corrected chi connectivity index (χ3v) is 8.07. The number of halogens is 3. The first-order chi connectivity index (χ1) is 17.9. The molecule has 0 spiro atoms. The summed E-state index contributed by atoms with van der Waals surface area (Å²) in [5.74, 6) is 2.59. The molecule has 9 heteroatoms. The Kier molecular flexibility index (Phi) is 7.00. The Morgan fingerprint density at radius 3 is 2.47 bits per heavy atom. The molecule has 5 rings (SSSR count). The van der Waals surface area contributed by atoms with Gasteiger partial charge in [-0.15, -0.1) is 0 Å². The Hall–Kier alpha value is -2.94. The Bertz CT molecular complexity index is 1420. The van der Waals surface area contributed by atoms with Crippen molar-refractivity contribution in [1.29, 1.82) is 0 Å². The van der Waals surface area contributed by atoms with Gasteiger partial charge in [0, 0.05) is 22.7 Å². The highest BCUT2D eigenvalue weighted by Gasteiger charge is 2.33. The number of aryl methyl sites for hydroxylation is 2. The van der Waals surface area contributed by atoms with E-state index in [-0.39, 0.29) is 22.1 Å². The second-order valence-electron chi connectivity index (χ2n) is 11.4. The second-order valence-corrected chi connectivity index (χ2v) is 12.6. The fraction of sp³-hybridized carbons (Fsp3) is 0.448. The normalized spacial score (nSPS) is 19.7. The van der Waals surface area contributed by atoms with Crippen LogP contribution in [0.15, 0.2) is 51.9 Å². The molecule has 1 N–H and O–H groups in total. The van der Waals surface area contributed by atoms with Crippen molar-refractivity contribution in [3.63, 3.8) is 0 Å². The zero-order valence-electron chi connectivity index (χ0n) is 22.3. The molecule has 2 aromatic carbocycles. The van der Waals surface area contributed by atoms with Gasteiger partial charge in [0.1, 0.15) is 5.76 Å². The van der Waals surface area contributed by atoms with Crippen LogP contribution in [0.3, 0.4) is 0 Å². The van der Waals surface area contributed by atoms with Gasteiger partial charge in [-0.3, -0.25) is 0 Å². The van der Waals surface area contributed by atoms with E-state index in [9.17, 15) is 13.2 Å². The van der Waals surface area contributed by atoms with Gasteiger partial charge in [0.2, 0.25) is 5.95 Å². The van der Waals surface area contributed by atoms with Crippen molar-refractivity contribution in [2.24, 2.45) is 17.3 Å². The minimum atomic E-state index is -4.31. The molecule has 0 aliphatic heterocycles. The molecule has 2 atom stereocenters. The molecule has 0 radical (unpaired) electrons. The van der Waals surface area contributed by atoms with Gasteiger partial charge >= 0.3 is 5.51 Å². The monoisotopic (exact) mass is 542 g/mol. The molecule has 1 fully saturated rings. The zero-order chi connectivity index (χ0) is 27.2. The molecular weight excluding hydrogens is 509 g/mol. The van der Waals surface area contributed by atoms with E-state index >= 15 is 0 Å². The molecule has 2 unspecified atom stereocenters. The van der Waals surface area contributed by atoms with E-state index in [4.69, 9.17) is 9.51 Å². The second kappa shape index (κ2) is 9.98. The molecule has 4 aromatic rings. The number of nitrogens with zero attached hydrogens (tertiary/aromatic N) is 3. The van der Waals surface area contributed by atoms with E-state index in [1.54, 1.807) is 12.1 Å². The smallest absolute Gasteiger partial charge is 0.361 e. The summed E-state index contributed by atoms with van der Waals surface area (Å²) < 4.78 is 45.9. The predicted molar refractivity (Wildman–Crippen MR) is 147 cm³/mol. The van der Waals surface area contributed by atoms with Gasteiger partial charge in [0.15, 0.2) is 0 Å². The first kappa shape index (κ1) is 26.7. The van der Waals surface area contributed by atoms with Gasteiger partial charge in [-0.1, -0.05) is 32.0 Å². The number of benzene rings is 2. The number of fused-ring (bicyclic) bond motifs is 1. The molecule has 0 bridgehead atoms. The maximum absolute atomic E-state index is 12.8. The van der Waals surface area contributed by atoms with E-state index in [1.807, 2.05) is 13.8 Å². The van der Waals surface area contributed by atoms with E-state index in [0.717, 1.165) is 53.0 Å². The minimum absolute atomic E-state index is 0.113. The average Bonchev–Trinajstić information content (AvgIpc) is 3.31. The summed E-state index contributed by atoms with van der Waals surface area (Å²) in [4.78, 5) is 5.11. The van der Waals surface area contributed by atoms with Crippen LogP contribution in [0.2, 0.25) is 0 Å². The van der Waals surface area contributed by atoms with Crippen molar-refractivity contribution < 1.29 is 17.7 Å². The Morgan fingerprint density at radius 2 is 1.84 bits per heavy atom. The fourth-order valence-electron chi connectivity index (χ4n) is 6.27. The van der Waals surface area contributed by atoms with E-state index in [1.165, 1.54) is 18.6 Å². The van der Waals surface area contributed by atoms with Crippen molar-refractivity contribution in [3.05, 3.63) is 53.9 Å². The molecule has 0 saturated heterocycles. The lowest BCUT2D eigenvalue weighted by atomic mass is 9.68. The molecule has 0 amide bonds. The van der Waals surface area contributed by atoms with Gasteiger partial charge in [-0.2, -0.15) is 13.2 Å². The number of thioether (sulfide) groups is 1. The van der Waals surface area contributed by atoms with Crippen molar-refractivity contribution in [1.82, 2.24) is 14.7 Å². The quantitative estimate of drug-likeness (QED) is 0.246. The molecule has 2 heterocycles. The predicted octanol–water partition coefficient (Wildman–Crippen LogP) is 9.13. The number of rotatable bonds is 6. The molecular formula is C29H33F3N4OS. The van der Waals surface area contributed by atoms with Crippen molar-refractivity contribution >= 4 is 34.4 Å². The fourth-order valence-corrected chi connectivity index (χ4v) is 6.81. The minimum Gasteiger partial charge on any atom is -0.361 e.